The zero-order valence-corrected chi connectivity index (χ0v) is 18.8. The summed E-state index contributed by atoms with van der Waals surface area (Å²) < 4.78 is 9.70. The maximum absolute atomic E-state index is 11.2. The van der Waals surface area contributed by atoms with Crippen LogP contribution in [0.5, 0.6) is 5.75 Å². The van der Waals surface area contributed by atoms with Crippen LogP contribution >= 0.6 is 48.2 Å². The summed E-state index contributed by atoms with van der Waals surface area (Å²) in [5.74, 6) is 0.767. The van der Waals surface area contributed by atoms with E-state index in [9.17, 15) is 14.4 Å². The molecule has 1 heterocycles. The number of benzene rings is 1. The van der Waals surface area contributed by atoms with Crippen LogP contribution < -0.4 is 4.74 Å². The number of ketones is 2. The van der Waals surface area contributed by atoms with E-state index in [2.05, 4.69) is 30.0 Å². The van der Waals surface area contributed by atoms with Crippen LogP contribution in [0.1, 0.15) is 20.8 Å². The lowest BCUT2D eigenvalue weighted by atomic mass is 10.1. The van der Waals surface area contributed by atoms with Gasteiger partial charge in [0.1, 0.15) is 22.2 Å². The van der Waals surface area contributed by atoms with E-state index in [0.717, 1.165) is 11.1 Å². The number of carbonyl (C=O) groups is 3. The number of Topliss-reactive ketones (excluding diaryl/α,β-unsaturated/α-hetero) is 2. The van der Waals surface area contributed by atoms with Gasteiger partial charge in [0, 0.05) is 34.9 Å². The monoisotopic (exact) mass is 460 g/mol. The number of ether oxygens (including phenoxy) is 2. The topological polar surface area (TPSA) is 69.7 Å². The van der Waals surface area contributed by atoms with Crippen molar-refractivity contribution in [3.8, 4) is 5.75 Å². The molecule has 0 radical (unpaired) electrons. The predicted octanol–water partition coefficient (Wildman–Crippen LogP) is 3.97. The second-order valence-electron chi connectivity index (χ2n) is 5.47. The van der Waals surface area contributed by atoms with Gasteiger partial charge in [-0.05, 0) is 35.2 Å². The van der Waals surface area contributed by atoms with Gasteiger partial charge in [0.15, 0.2) is 0 Å². The van der Waals surface area contributed by atoms with Gasteiger partial charge in [0.25, 0.3) is 0 Å². The Bertz CT molecular complexity index is 820. The molecular formula is C19H21ClO5S3. The molecule has 2 rings (SSSR count). The van der Waals surface area contributed by atoms with Gasteiger partial charge in [0.05, 0.1) is 14.2 Å². The molecule has 1 aromatic carbocycles. The molecule has 0 bridgehead atoms. The smallest absolute Gasteiger partial charge is 0.348 e. The average Bonchev–Trinajstić information content (AvgIpc) is 3.15. The maximum atomic E-state index is 11.2. The number of hydrogen-bond acceptors (Lipinski definition) is 8. The van der Waals surface area contributed by atoms with Gasteiger partial charge in [-0.25, -0.2) is 4.79 Å². The van der Waals surface area contributed by atoms with Gasteiger partial charge in [-0.3, -0.25) is 9.59 Å². The molecule has 5 nitrogen and oxygen atoms in total. The fraction of sp³-hybridized carbons (Fsp3) is 0.316. The lowest BCUT2D eigenvalue weighted by Crippen LogP contribution is -2.08. The van der Waals surface area contributed by atoms with Crippen molar-refractivity contribution >= 4 is 65.7 Å². The van der Waals surface area contributed by atoms with Crippen LogP contribution in [0, 0.1) is 0 Å². The minimum Gasteiger partial charge on any atom is -0.496 e. The van der Waals surface area contributed by atoms with Crippen molar-refractivity contribution in [2.75, 3.05) is 25.7 Å². The Morgan fingerprint density at radius 2 is 1.61 bits per heavy atom. The van der Waals surface area contributed by atoms with Crippen molar-refractivity contribution in [2.45, 2.75) is 12.8 Å². The summed E-state index contributed by atoms with van der Waals surface area (Å²) in [7, 11) is 2.89. The molecule has 0 saturated carbocycles. The highest BCUT2D eigenvalue weighted by Gasteiger charge is 2.15. The molecular weight excluding hydrogens is 440 g/mol. The molecule has 0 amide bonds. The molecule has 0 N–H and O–H groups in total. The lowest BCUT2D eigenvalue weighted by Gasteiger charge is -2.07. The van der Waals surface area contributed by atoms with Crippen LogP contribution in [-0.2, 0) is 27.2 Å². The van der Waals surface area contributed by atoms with Crippen LogP contribution in [0.15, 0.2) is 29.6 Å². The molecule has 0 saturated heterocycles. The third kappa shape index (κ3) is 7.87. The number of thiol groups is 2. The van der Waals surface area contributed by atoms with E-state index in [4.69, 9.17) is 16.3 Å². The van der Waals surface area contributed by atoms with Gasteiger partial charge < -0.3 is 9.47 Å². The van der Waals surface area contributed by atoms with E-state index >= 15 is 0 Å². The van der Waals surface area contributed by atoms with E-state index in [0.29, 0.717) is 22.1 Å². The Balaban J connectivity index is 0.000000280. The second kappa shape index (κ2) is 12.9. The van der Waals surface area contributed by atoms with Crippen molar-refractivity contribution < 1.29 is 23.9 Å². The maximum Gasteiger partial charge on any atom is 0.348 e. The number of hydrogen-bond donors (Lipinski definition) is 2. The zero-order valence-electron chi connectivity index (χ0n) is 15.4. The lowest BCUT2D eigenvalue weighted by molar-refractivity contribution is -0.116. The summed E-state index contributed by atoms with van der Waals surface area (Å²) in [5, 5.41) is 2.38. The molecule has 9 heteroatoms. The largest absolute Gasteiger partial charge is 0.496 e. The molecule has 0 unspecified atom stereocenters. The minimum absolute atomic E-state index is 0.00288. The highest BCUT2D eigenvalue weighted by Crippen LogP contribution is 2.23. The summed E-state index contributed by atoms with van der Waals surface area (Å²) in [6, 6.07) is 6.98. The molecule has 0 atom stereocenters. The highest BCUT2D eigenvalue weighted by molar-refractivity contribution is 7.81. The third-order valence-corrected chi connectivity index (χ3v) is 5.37. The fourth-order valence-electron chi connectivity index (χ4n) is 2.17. The number of halogens is 1. The summed E-state index contributed by atoms with van der Waals surface area (Å²) >= 11 is 14.9. The Morgan fingerprint density at radius 3 is 2.14 bits per heavy atom. The summed E-state index contributed by atoms with van der Waals surface area (Å²) in [4.78, 5) is 34.0. The summed E-state index contributed by atoms with van der Waals surface area (Å²) in [6.07, 6.45) is 0.560. The Kier molecular flexibility index (Phi) is 11.3. The second-order valence-corrected chi connectivity index (χ2v) is 7.45. The van der Waals surface area contributed by atoms with Crippen molar-refractivity contribution in [3.05, 3.63) is 50.7 Å². The van der Waals surface area contributed by atoms with Crippen molar-refractivity contribution in [1.29, 1.82) is 0 Å². The number of thiophene rings is 1. The fourth-order valence-corrected chi connectivity index (χ4v) is 3.43. The van der Waals surface area contributed by atoms with E-state index in [-0.39, 0.29) is 35.5 Å². The Morgan fingerprint density at radius 1 is 1.00 bits per heavy atom. The first-order chi connectivity index (χ1) is 13.4. The van der Waals surface area contributed by atoms with Gasteiger partial charge in [-0.15, -0.1) is 11.3 Å². The molecule has 1 aromatic heterocycles. The van der Waals surface area contributed by atoms with Crippen molar-refractivity contribution in [1.82, 2.24) is 0 Å². The first-order valence-electron chi connectivity index (χ1n) is 8.08. The minimum atomic E-state index is -0.387. The van der Waals surface area contributed by atoms with Crippen molar-refractivity contribution in [3.63, 3.8) is 0 Å². The Labute approximate surface area is 184 Å². The van der Waals surface area contributed by atoms with Gasteiger partial charge in [-0.2, -0.15) is 25.3 Å². The Hall–Kier alpha value is -1.48. The van der Waals surface area contributed by atoms with Gasteiger partial charge >= 0.3 is 5.97 Å². The number of carbonyl (C=O) groups excluding carboxylic acids is 3. The molecule has 2 aromatic rings. The zero-order chi connectivity index (χ0) is 21.1. The van der Waals surface area contributed by atoms with Gasteiger partial charge in [0.2, 0.25) is 0 Å². The molecule has 0 aliphatic rings. The normalized spacial score (nSPS) is 9.89. The highest BCUT2D eigenvalue weighted by atomic mass is 35.5. The van der Waals surface area contributed by atoms with Crippen LogP contribution in [0.2, 0.25) is 5.02 Å². The SMILES string of the molecule is COC(=O)c1sccc1CC(=O)CS.COc1ccc(Cl)cc1CC(=O)CS. The standard InChI is InChI=1S/C10H11ClO2S.C9H10O3S2/c1-13-10-3-2-8(11)4-7(10)5-9(12)6-14;1-12-9(11)8-6(2-3-14-8)4-7(10)5-13/h2-4,14H,5-6H2,1H3;2-3,13H,4-5H2,1H3. The molecule has 28 heavy (non-hydrogen) atoms. The predicted molar refractivity (Wildman–Crippen MR) is 119 cm³/mol. The van der Waals surface area contributed by atoms with E-state index in [1.807, 2.05) is 0 Å². The molecule has 0 fully saturated rings. The van der Waals surface area contributed by atoms with Crippen LogP contribution in [0.25, 0.3) is 0 Å². The van der Waals surface area contributed by atoms with Crippen LogP contribution in [0.4, 0.5) is 0 Å². The summed E-state index contributed by atoms with van der Waals surface area (Å²) in [6.45, 7) is 0. The molecule has 0 aliphatic heterocycles. The third-order valence-electron chi connectivity index (χ3n) is 3.49. The first-order valence-corrected chi connectivity index (χ1v) is 10.6. The quantitative estimate of drug-likeness (QED) is 0.461. The first kappa shape index (κ1) is 24.6. The van der Waals surface area contributed by atoms with E-state index < -0.39 is 0 Å². The van der Waals surface area contributed by atoms with E-state index in [1.165, 1.54) is 18.4 Å². The molecule has 0 spiro atoms. The number of methoxy groups -OCH3 is 2. The van der Waals surface area contributed by atoms with Gasteiger partial charge in [-0.1, -0.05) is 11.6 Å². The van der Waals surface area contributed by atoms with E-state index in [1.54, 1.807) is 36.8 Å². The average molecular weight is 461 g/mol. The summed E-state index contributed by atoms with van der Waals surface area (Å²) in [5.41, 5.74) is 1.53. The van der Waals surface area contributed by atoms with Crippen molar-refractivity contribution in [2.24, 2.45) is 0 Å². The number of rotatable bonds is 8. The van der Waals surface area contributed by atoms with Crippen LogP contribution in [0.3, 0.4) is 0 Å². The molecule has 0 aliphatic carbocycles. The molecule has 152 valence electrons. The van der Waals surface area contributed by atoms with Crippen LogP contribution in [-0.4, -0.2) is 43.3 Å². The number of esters is 1.